The molecule has 3 heteroatoms. The average molecular weight is 264 g/mol. The normalized spacial score (nSPS) is 10.8. The van der Waals surface area contributed by atoms with Gasteiger partial charge in [-0.25, -0.2) is 0 Å². The van der Waals surface area contributed by atoms with Crippen molar-refractivity contribution in [3.05, 3.63) is 65.4 Å². The molecule has 20 heavy (non-hydrogen) atoms. The largest absolute Gasteiger partial charge is 0.508 e. The molecule has 2 N–H and O–H groups in total. The average Bonchev–Trinajstić information content (AvgIpc) is 2.86. The van der Waals surface area contributed by atoms with Crippen molar-refractivity contribution < 1.29 is 5.11 Å². The first kappa shape index (κ1) is 12.5. The minimum Gasteiger partial charge on any atom is -0.508 e. The first-order valence-electron chi connectivity index (χ1n) is 6.56. The Balaban J connectivity index is 2.02. The lowest BCUT2D eigenvalue weighted by Crippen LogP contribution is -1.98. The maximum Gasteiger partial charge on any atom is 0.118 e. The van der Waals surface area contributed by atoms with Gasteiger partial charge in [0.15, 0.2) is 0 Å². The summed E-state index contributed by atoms with van der Waals surface area (Å²) in [5.41, 5.74) is 4.09. The van der Waals surface area contributed by atoms with E-state index >= 15 is 0 Å². The van der Waals surface area contributed by atoms with Crippen LogP contribution < -0.4 is 0 Å². The van der Waals surface area contributed by atoms with Crippen LogP contribution in [0.15, 0.2) is 48.7 Å². The molecule has 0 atom stereocenters. The first-order valence-corrected chi connectivity index (χ1v) is 6.56. The molecule has 0 fully saturated rings. The Bertz CT molecular complexity index is 787. The van der Waals surface area contributed by atoms with Gasteiger partial charge in [-0.2, -0.15) is 0 Å². The van der Waals surface area contributed by atoms with Crippen LogP contribution in [0.4, 0.5) is 0 Å². The fourth-order valence-electron chi connectivity index (χ4n) is 2.52. The number of hydrogen-bond donors (Lipinski definition) is 2. The van der Waals surface area contributed by atoms with Crippen molar-refractivity contribution >= 4 is 17.1 Å². The van der Waals surface area contributed by atoms with E-state index in [9.17, 15) is 5.11 Å². The van der Waals surface area contributed by atoms with Gasteiger partial charge in [0.05, 0.1) is 0 Å². The number of benzene rings is 2. The van der Waals surface area contributed by atoms with Gasteiger partial charge in [0.25, 0.3) is 0 Å². The van der Waals surface area contributed by atoms with Crippen molar-refractivity contribution in [2.24, 2.45) is 0 Å². The molecule has 3 nitrogen and oxygen atoms in total. The van der Waals surface area contributed by atoms with E-state index in [0.29, 0.717) is 5.75 Å². The van der Waals surface area contributed by atoms with Crippen molar-refractivity contribution in [3.8, 4) is 5.75 Å². The third kappa shape index (κ3) is 2.07. The molecule has 1 aromatic heterocycles. The summed E-state index contributed by atoms with van der Waals surface area (Å²) < 4.78 is 2.16. The molecule has 100 valence electrons. The lowest BCUT2D eigenvalue weighted by atomic mass is 10.1. The highest BCUT2D eigenvalue weighted by Gasteiger charge is 2.05. The molecule has 0 radical (unpaired) electrons. The number of hydrogen-bond acceptors (Lipinski definition) is 2. The molecule has 0 aliphatic rings. The second-order valence-electron chi connectivity index (χ2n) is 4.99. The van der Waals surface area contributed by atoms with Gasteiger partial charge in [0.1, 0.15) is 5.75 Å². The molecule has 1 heterocycles. The molecule has 0 aliphatic carbocycles. The molecule has 0 bridgehead atoms. The summed E-state index contributed by atoms with van der Waals surface area (Å²) in [5, 5.41) is 18.1. The van der Waals surface area contributed by atoms with E-state index in [0.717, 1.165) is 34.1 Å². The third-order valence-corrected chi connectivity index (χ3v) is 3.62. The van der Waals surface area contributed by atoms with Crippen LogP contribution >= 0.6 is 0 Å². The molecule has 0 amide bonds. The number of nitrogens with one attached hydrogen (secondary N) is 1. The van der Waals surface area contributed by atoms with Gasteiger partial charge in [-0.1, -0.05) is 24.3 Å². The maximum atomic E-state index is 9.58. The van der Waals surface area contributed by atoms with Crippen LogP contribution in [-0.4, -0.2) is 15.9 Å². The molecule has 2 aromatic carbocycles. The van der Waals surface area contributed by atoms with Crippen LogP contribution in [0.3, 0.4) is 0 Å². The van der Waals surface area contributed by atoms with Crippen LogP contribution in [-0.2, 0) is 6.54 Å². The molecule has 0 unspecified atom stereocenters. The van der Waals surface area contributed by atoms with Crippen molar-refractivity contribution in [2.75, 3.05) is 0 Å². The summed E-state index contributed by atoms with van der Waals surface area (Å²) in [6.45, 7) is 2.66. The standard InChI is InChI=1S/C17H16N2O/c1-12-9-13(5-6-17(12)20)11-19-8-7-15-14(10-18)3-2-4-16(15)19/h2-10,18,20H,11H2,1H3. The maximum absolute atomic E-state index is 9.58. The SMILES string of the molecule is Cc1cc(Cn2ccc3c(C=N)cccc32)ccc1O. The van der Waals surface area contributed by atoms with Gasteiger partial charge < -0.3 is 15.1 Å². The number of aryl methyl sites for hydroxylation is 1. The van der Waals surface area contributed by atoms with Gasteiger partial charge >= 0.3 is 0 Å². The molecule has 0 spiro atoms. The first-order chi connectivity index (χ1) is 9.69. The second kappa shape index (κ2) is 4.85. The van der Waals surface area contributed by atoms with Crippen molar-refractivity contribution in [1.82, 2.24) is 4.57 Å². The minimum absolute atomic E-state index is 0.331. The topological polar surface area (TPSA) is 49.0 Å². The fraction of sp³-hybridized carbons (Fsp3) is 0.118. The highest BCUT2D eigenvalue weighted by molar-refractivity contribution is 5.97. The predicted octanol–water partition coefficient (Wildman–Crippen LogP) is 3.70. The van der Waals surface area contributed by atoms with E-state index in [-0.39, 0.29) is 0 Å². The Kier molecular flexibility index (Phi) is 3.03. The second-order valence-corrected chi connectivity index (χ2v) is 4.99. The van der Waals surface area contributed by atoms with E-state index < -0.39 is 0 Å². The number of nitrogens with zero attached hydrogens (tertiary/aromatic N) is 1. The Labute approximate surface area is 117 Å². The summed E-state index contributed by atoms with van der Waals surface area (Å²) in [6.07, 6.45) is 3.43. The number of phenolic OH excluding ortho intramolecular Hbond substituents is 1. The van der Waals surface area contributed by atoms with Crippen LogP contribution in [0.1, 0.15) is 16.7 Å². The van der Waals surface area contributed by atoms with Gasteiger partial charge in [-0.05, 0) is 36.2 Å². The van der Waals surface area contributed by atoms with E-state index in [1.165, 1.54) is 6.21 Å². The Morgan fingerprint density at radius 3 is 2.80 bits per heavy atom. The third-order valence-electron chi connectivity index (χ3n) is 3.62. The molecule has 0 saturated carbocycles. The van der Waals surface area contributed by atoms with Crippen molar-refractivity contribution in [1.29, 1.82) is 5.41 Å². The fourth-order valence-corrected chi connectivity index (χ4v) is 2.52. The van der Waals surface area contributed by atoms with Gasteiger partial charge in [0, 0.05) is 35.4 Å². The Morgan fingerprint density at radius 1 is 1.20 bits per heavy atom. The summed E-state index contributed by atoms with van der Waals surface area (Å²) in [4.78, 5) is 0. The van der Waals surface area contributed by atoms with Crippen molar-refractivity contribution in [3.63, 3.8) is 0 Å². The summed E-state index contributed by atoms with van der Waals surface area (Å²) in [6, 6.07) is 13.7. The van der Waals surface area contributed by atoms with E-state index in [1.54, 1.807) is 6.07 Å². The van der Waals surface area contributed by atoms with Crippen LogP contribution in [0.2, 0.25) is 0 Å². The predicted molar refractivity (Wildman–Crippen MR) is 81.8 cm³/mol. The van der Waals surface area contributed by atoms with Crippen LogP contribution in [0, 0.1) is 12.3 Å². The Hall–Kier alpha value is -2.55. The number of aromatic hydroxyl groups is 1. The molecule has 3 aromatic rings. The van der Waals surface area contributed by atoms with Gasteiger partial charge in [-0.3, -0.25) is 0 Å². The highest BCUT2D eigenvalue weighted by atomic mass is 16.3. The highest BCUT2D eigenvalue weighted by Crippen LogP contribution is 2.22. The summed E-state index contributed by atoms with van der Waals surface area (Å²) >= 11 is 0. The van der Waals surface area contributed by atoms with E-state index in [4.69, 9.17) is 5.41 Å². The quantitative estimate of drug-likeness (QED) is 0.696. The lowest BCUT2D eigenvalue weighted by molar-refractivity contribution is 0.471. The molecule has 0 aliphatic heterocycles. The number of rotatable bonds is 3. The van der Waals surface area contributed by atoms with Crippen LogP contribution in [0.5, 0.6) is 5.75 Å². The number of aromatic nitrogens is 1. The van der Waals surface area contributed by atoms with Gasteiger partial charge in [0.2, 0.25) is 0 Å². The zero-order valence-electron chi connectivity index (χ0n) is 11.3. The monoisotopic (exact) mass is 264 g/mol. The number of phenols is 1. The molecular formula is C17H16N2O. The van der Waals surface area contributed by atoms with E-state index in [2.05, 4.69) is 10.6 Å². The van der Waals surface area contributed by atoms with E-state index in [1.807, 2.05) is 43.5 Å². The zero-order chi connectivity index (χ0) is 14.1. The van der Waals surface area contributed by atoms with Crippen molar-refractivity contribution in [2.45, 2.75) is 13.5 Å². The summed E-state index contributed by atoms with van der Waals surface area (Å²) in [5.74, 6) is 0.331. The van der Waals surface area contributed by atoms with Gasteiger partial charge in [-0.15, -0.1) is 0 Å². The smallest absolute Gasteiger partial charge is 0.118 e. The number of fused-ring (bicyclic) bond motifs is 1. The molecular weight excluding hydrogens is 248 g/mol. The Morgan fingerprint density at radius 2 is 2.05 bits per heavy atom. The molecule has 3 rings (SSSR count). The van der Waals surface area contributed by atoms with Crippen LogP contribution in [0.25, 0.3) is 10.9 Å². The zero-order valence-corrected chi connectivity index (χ0v) is 11.3. The molecule has 0 saturated heterocycles. The lowest BCUT2D eigenvalue weighted by Gasteiger charge is -2.08. The minimum atomic E-state index is 0.331. The summed E-state index contributed by atoms with van der Waals surface area (Å²) in [7, 11) is 0.